The standard InChI is InChI=1S/C6H6N4OS/c1-4(2-7)9-6(11)5-3-8-10-12-5/h3-4H,1H3,(H,9,11)/t4-/m0/s1. The highest BCUT2D eigenvalue weighted by Crippen LogP contribution is 2.01. The first-order valence-corrected chi connectivity index (χ1v) is 3.99. The maximum Gasteiger partial charge on any atom is 0.265 e. The lowest BCUT2D eigenvalue weighted by Gasteiger charge is -2.02. The van der Waals surface area contributed by atoms with E-state index in [1.165, 1.54) is 6.20 Å². The molecule has 1 aromatic heterocycles. The van der Waals surface area contributed by atoms with Gasteiger partial charge in [-0.2, -0.15) is 5.26 Å². The molecule has 0 bridgehead atoms. The molecule has 12 heavy (non-hydrogen) atoms. The highest BCUT2D eigenvalue weighted by Gasteiger charge is 2.10. The van der Waals surface area contributed by atoms with Crippen LogP contribution < -0.4 is 5.32 Å². The second-order valence-electron chi connectivity index (χ2n) is 2.11. The third kappa shape index (κ3) is 2.00. The molecule has 0 unspecified atom stereocenters. The molecule has 0 saturated heterocycles. The number of rotatable bonds is 2. The van der Waals surface area contributed by atoms with Gasteiger partial charge in [0.25, 0.3) is 5.91 Å². The van der Waals surface area contributed by atoms with Gasteiger partial charge in [0.05, 0.1) is 12.3 Å². The van der Waals surface area contributed by atoms with Gasteiger partial charge in [-0.3, -0.25) is 4.79 Å². The van der Waals surface area contributed by atoms with Crippen molar-refractivity contribution in [2.75, 3.05) is 0 Å². The van der Waals surface area contributed by atoms with Crippen LogP contribution in [0, 0.1) is 11.3 Å². The number of nitrogens with zero attached hydrogens (tertiary/aromatic N) is 3. The zero-order valence-corrected chi connectivity index (χ0v) is 7.13. The van der Waals surface area contributed by atoms with Gasteiger partial charge in [-0.1, -0.05) is 4.49 Å². The number of nitrogens with one attached hydrogen (secondary N) is 1. The van der Waals surface area contributed by atoms with Gasteiger partial charge >= 0.3 is 0 Å². The van der Waals surface area contributed by atoms with Crippen molar-refractivity contribution in [3.8, 4) is 6.07 Å². The molecular formula is C6H6N4OS. The Kier molecular flexibility index (Phi) is 2.71. The van der Waals surface area contributed by atoms with Gasteiger partial charge in [0.1, 0.15) is 10.9 Å². The highest BCUT2D eigenvalue weighted by atomic mass is 32.1. The fourth-order valence-electron chi connectivity index (χ4n) is 0.567. The molecule has 0 spiro atoms. The van der Waals surface area contributed by atoms with Crippen LogP contribution in [0.1, 0.15) is 16.6 Å². The van der Waals surface area contributed by atoms with Crippen LogP contribution in [0.3, 0.4) is 0 Å². The number of carbonyl (C=O) groups is 1. The molecule has 0 saturated carbocycles. The molecule has 0 aromatic carbocycles. The van der Waals surface area contributed by atoms with Crippen LogP contribution in [0.15, 0.2) is 6.20 Å². The topological polar surface area (TPSA) is 78.7 Å². The molecule has 0 aliphatic rings. The summed E-state index contributed by atoms with van der Waals surface area (Å²) in [6, 6.07) is 1.40. The maximum atomic E-state index is 11.1. The van der Waals surface area contributed by atoms with Crippen molar-refractivity contribution in [3.63, 3.8) is 0 Å². The van der Waals surface area contributed by atoms with Crippen molar-refractivity contribution >= 4 is 17.4 Å². The Morgan fingerprint density at radius 2 is 2.67 bits per heavy atom. The molecular weight excluding hydrogens is 176 g/mol. The minimum atomic E-state index is -0.486. The molecule has 0 fully saturated rings. The fourth-order valence-corrected chi connectivity index (χ4v) is 0.986. The van der Waals surface area contributed by atoms with Crippen LogP contribution in [-0.4, -0.2) is 21.5 Å². The summed E-state index contributed by atoms with van der Waals surface area (Å²) in [5, 5.41) is 14.4. The van der Waals surface area contributed by atoms with E-state index < -0.39 is 6.04 Å². The quantitative estimate of drug-likeness (QED) is 0.707. The molecule has 1 amide bonds. The van der Waals surface area contributed by atoms with E-state index in [-0.39, 0.29) is 5.91 Å². The SMILES string of the molecule is C[C@@H](C#N)NC(=O)c1cnns1. The Balaban J connectivity index is 2.57. The van der Waals surface area contributed by atoms with E-state index in [0.717, 1.165) is 11.5 Å². The van der Waals surface area contributed by atoms with E-state index in [9.17, 15) is 4.79 Å². The lowest BCUT2D eigenvalue weighted by molar-refractivity contribution is 0.0951. The predicted octanol–water partition coefficient (Wildman–Crippen LogP) is 0.180. The van der Waals surface area contributed by atoms with E-state index in [0.29, 0.717) is 4.88 Å². The van der Waals surface area contributed by atoms with E-state index in [2.05, 4.69) is 14.9 Å². The summed E-state index contributed by atoms with van der Waals surface area (Å²) >= 11 is 1.00. The van der Waals surface area contributed by atoms with Crippen LogP contribution in [0.25, 0.3) is 0 Å². The van der Waals surface area contributed by atoms with Crippen molar-refractivity contribution in [2.24, 2.45) is 0 Å². The molecule has 6 heteroatoms. The monoisotopic (exact) mass is 182 g/mol. The minimum Gasteiger partial charge on any atom is -0.336 e. The summed E-state index contributed by atoms with van der Waals surface area (Å²) in [6.45, 7) is 1.60. The zero-order chi connectivity index (χ0) is 8.97. The molecule has 1 aromatic rings. The highest BCUT2D eigenvalue weighted by molar-refractivity contribution is 7.07. The third-order valence-corrected chi connectivity index (χ3v) is 1.79. The molecule has 0 aliphatic carbocycles. The van der Waals surface area contributed by atoms with Gasteiger partial charge in [0.15, 0.2) is 0 Å². The summed E-state index contributed by atoms with van der Waals surface area (Å²) in [6.07, 6.45) is 1.37. The van der Waals surface area contributed by atoms with Crippen molar-refractivity contribution in [2.45, 2.75) is 13.0 Å². The minimum absolute atomic E-state index is 0.306. The molecule has 62 valence electrons. The molecule has 1 heterocycles. The zero-order valence-electron chi connectivity index (χ0n) is 6.31. The lowest BCUT2D eigenvalue weighted by Crippen LogP contribution is -2.30. The first-order valence-electron chi connectivity index (χ1n) is 3.22. The molecule has 1 N–H and O–H groups in total. The van der Waals surface area contributed by atoms with Gasteiger partial charge in [0, 0.05) is 0 Å². The predicted molar refractivity (Wildman–Crippen MR) is 42.5 cm³/mol. The Hall–Kier alpha value is -1.48. The van der Waals surface area contributed by atoms with Crippen LogP contribution in [-0.2, 0) is 0 Å². The normalized spacial score (nSPS) is 11.7. The molecule has 0 radical (unpaired) electrons. The van der Waals surface area contributed by atoms with Crippen molar-refractivity contribution in [1.82, 2.24) is 14.9 Å². The number of nitriles is 1. The van der Waals surface area contributed by atoms with Gasteiger partial charge in [-0.05, 0) is 18.5 Å². The summed E-state index contributed by atoms with van der Waals surface area (Å²) in [4.78, 5) is 11.6. The van der Waals surface area contributed by atoms with Gasteiger partial charge in [-0.25, -0.2) is 0 Å². The smallest absolute Gasteiger partial charge is 0.265 e. The first-order chi connectivity index (χ1) is 5.74. The van der Waals surface area contributed by atoms with Crippen molar-refractivity contribution in [1.29, 1.82) is 5.26 Å². The molecule has 0 aliphatic heterocycles. The van der Waals surface area contributed by atoms with E-state index in [1.54, 1.807) is 6.92 Å². The van der Waals surface area contributed by atoms with E-state index in [4.69, 9.17) is 5.26 Å². The summed E-state index contributed by atoms with van der Waals surface area (Å²) in [7, 11) is 0. The van der Waals surface area contributed by atoms with Crippen LogP contribution in [0.5, 0.6) is 0 Å². The maximum absolute atomic E-state index is 11.1. The van der Waals surface area contributed by atoms with E-state index >= 15 is 0 Å². The van der Waals surface area contributed by atoms with Crippen molar-refractivity contribution in [3.05, 3.63) is 11.1 Å². The summed E-state index contributed by atoms with van der Waals surface area (Å²) in [5.41, 5.74) is 0. The average molecular weight is 182 g/mol. The molecule has 5 nitrogen and oxygen atoms in total. The summed E-state index contributed by atoms with van der Waals surface area (Å²) in [5.74, 6) is -0.306. The van der Waals surface area contributed by atoms with Crippen LogP contribution >= 0.6 is 11.5 Å². The largest absolute Gasteiger partial charge is 0.336 e. The van der Waals surface area contributed by atoms with Crippen LogP contribution in [0.2, 0.25) is 0 Å². The average Bonchev–Trinajstić information content (AvgIpc) is 2.56. The van der Waals surface area contributed by atoms with Crippen LogP contribution in [0.4, 0.5) is 0 Å². The lowest BCUT2D eigenvalue weighted by atomic mass is 10.3. The fraction of sp³-hybridized carbons (Fsp3) is 0.333. The molecule has 1 rings (SSSR count). The Bertz CT molecular complexity index is 302. The Morgan fingerprint density at radius 1 is 1.92 bits per heavy atom. The van der Waals surface area contributed by atoms with E-state index in [1.807, 2.05) is 6.07 Å². The number of hydrogen-bond acceptors (Lipinski definition) is 5. The van der Waals surface area contributed by atoms with Gasteiger partial charge < -0.3 is 5.32 Å². The summed E-state index contributed by atoms with van der Waals surface area (Å²) < 4.78 is 3.52. The number of carbonyl (C=O) groups excluding carboxylic acids is 1. The number of amides is 1. The Morgan fingerprint density at radius 3 is 3.17 bits per heavy atom. The molecule has 1 atom stereocenters. The third-order valence-electron chi connectivity index (χ3n) is 1.13. The van der Waals surface area contributed by atoms with Gasteiger partial charge in [0.2, 0.25) is 0 Å². The van der Waals surface area contributed by atoms with Gasteiger partial charge in [-0.15, -0.1) is 5.10 Å². The van der Waals surface area contributed by atoms with Crippen molar-refractivity contribution < 1.29 is 4.79 Å². The second kappa shape index (κ2) is 3.78. The Labute approximate surface area is 73.2 Å². The number of hydrogen-bond donors (Lipinski definition) is 1. The first kappa shape index (κ1) is 8.62. The number of aromatic nitrogens is 2. The second-order valence-corrected chi connectivity index (χ2v) is 2.89.